The van der Waals surface area contributed by atoms with Crippen LogP contribution in [0.25, 0.3) is 22.6 Å². The summed E-state index contributed by atoms with van der Waals surface area (Å²) in [5.41, 5.74) is 9.24. The van der Waals surface area contributed by atoms with E-state index in [1.54, 1.807) is 18.6 Å². The van der Waals surface area contributed by atoms with Crippen molar-refractivity contribution in [3.63, 3.8) is 0 Å². The molecule has 0 bridgehead atoms. The molecule has 0 radical (unpaired) electrons. The first-order chi connectivity index (χ1) is 16.1. The van der Waals surface area contributed by atoms with Crippen molar-refractivity contribution in [2.45, 2.75) is 37.6 Å². The number of ether oxygens (including phenoxy) is 1. The SMILES string of the molecule is C[C@](c1ccc(-c2cnc(N)nc2)cc1)(c1noc(-c2cnn(C3COC3)c2)n1)C1CCC1. The van der Waals surface area contributed by atoms with E-state index < -0.39 is 0 Å². The van der Waals surface area contributed by atoms with E-state index in [0.717, 1.165) is 29.5 Å². The lowest BCUT2D eigenvalue weighted by molar-refractivity contribution is -0.0286. The maximum absolute atomic E-state index is 5.71. The Balaban J connectivity index is 1.32. The van der Waals surface area contributed by atoms with E-state index in [0.29, 0.717) is 30.8 Å². The zero-order valence-electron chi connectivity index (χ0n) is 18.4. The Hall–Kier alpha value is -3.59. The fourth-order valence-electron chi connectivity index (χ4n) is 4.60. The molecule has 2 fully saturated rings. The molecule has 1 aliphatic carbocycles. The van der Waals surface area contributed by atoms with Crippen LogP contribution >= 0.6 is 0 Å². The number of nitrogens with two attached hydrogens (primary N) is 1. The molecule has 168 valence electrons. The fourth-order valence-corrected chi connectivity index (χ4v) is 4.60. The van der Waals surface area contributed by atoms with Crippen LogP contribution in [-0.4, -0.2) is 43.1 Å². The summed E-state index contributed by atoms with van der Waals surface area (Å²) in [5.74, 6) is 1.94. The van der Waals surface area contributed by atoms with E-state index >= 15 is 0 Å². The van der Waals surface area contributed by atoms with Gasteiger partial charge in [-0.15, -0.1) is 0 Å². The molecule has 1 atom stereocenters. The van der Waals surface area contributed by atoms with Crippen molar-refractivity contribution in [1.82, 2.24) is 29.9 Å². The van der Waals surface area contributed by atoms with Gasteiger partial charge in [-0.25, -0.2) is 9.97 Å². The van der Waals surface area contributed by atoms with Gasteiger partial charge in [0.25, 0.3) is 5.89 Å². The van der Waals surface area contributed by atoms with Gasteiger partial charge in [0.2, 0.25) is 5.95 Å². The van der Waals surface area contributed by atoms with Crippen LogP contribution < -0.4 is 5.73 Å². The second kappa shape index (κ2) is 7.77. The molecule has 0 unspecified atom stereocenters. The van der Waals surface area contributed by atoms with Gasteiger partial charge in [0.05, 0.1) is 36.4 Å². The van der Waals surface area contributed by atoms with Crippen LogP contribution in [0.5, 0.6) is 0 Å². The third-order valence-corrected chi connectivity index (χ3v) is 7.14. The van der Waals surface area contributed by atoms with Crippen molar-refractivity contribution in [1.29, 1.82) is 0 Å². The van der Waals surface area contributed by atoms with Crippen LogP contribution in [0.4, 0.5) is 5.95 Å². The molecule has 4 aromatic rings. The Morgan fingerprint density at radius 2 is 1.76 bits per heavy atom. The number of hydrogen-bond acceptors (Lipinski definition) is 8. The molecule has 33 heavy (non-hydrogen) atoms. The van der Waals surface area contributed by atoms with E-state index in [4.69, 9.17) is 20.0 Å². The normalized spacial score (nSPS) is 18.5. The van der Waals surface area contributed by atoms with Crippen LogP contribution in [0.2, 0.25) is 0 Å². The van der Waals surface area contributed by atoms with Crippen molar-refractivity contribution in [3.8, 4) is 22.6 Å². The summed E-state index contributed by atoms with van der Waals surface area (Å²) in [5, 5.41) is 8.88. The molecule has 0 amide bonds. The standard InChI is InChI=1S/C24H25N7O2/c1-24(18-3-2-4-18,19-7-5-15(6-8-19)16-9-26-23(25)27-10-16)22-29-21(33-30-22)17-11-28-31(12-17)20-13-32-14-20/h5-12,18,20H,2-4,13-14H2,1H3,(H2,25,26,27)/t24-/m0/s1. The molecule has 1 aromatic carbocycles. The van der Waals surface area contributed by atoms with Gasteiger partial charge in [-0.05, 0) is 36.8 Å². The maximum atomic E-state index is 5.71. The van der Waals surface area contributed by atoms with Crippen LogP contribution in [0.3, 0.4) is 0 Å². The average Bonchev–Trinajstić information content (AvgIpc) is 3.42. The Morgan fingerprint density at radius 1 is 1.00 bits per heavy atom. The van der Waals surface area contributed by atoms with Crippen molar-refractivity contribution in [2.24, 2.45) is 5.92 Å². The zero-order valence-corrected chi connectivity index (χ0v) is 18.4. The fraction of sp³-hybridized carbons (Fsp3) is 0.375. The molecular weight excluding hydrogens is 418 g/mol. The minimum atomic E-state index is -0.339. The van der Waals surface area contributed by atoms with Gasteiger partial charge in [-0.3, -0.25) is 4.68 Å². The minimum absolute atomic E-state index is 0.271. The summed E-state index contributed by atoms with van der Waals surface area (Å²) in [4.78, 5) is 13.0. The summed E-state index contributed by atoms with van der Waals surface area (Å²) in [6.45, 7) is 3.60. The first-order valence-corrected chi connectivity index (χ1v) is 11.3. The number of nitrogen functional groups attached to an aromatic ring is 1. The van der Waals surface area contributed by atoms with Gasteiger partial charge in [-0.1, -0.05) is 35.8 Å². The molecule has 9 nitrogen and oxygen atoms in total. The number of nitrogens with zero attached hydrogens (tertiary/aromatic N) is 6. The second-order valence-electron chi connectivity index (χ2n) is 9.06. The predicted octanol–water partition coefficient (Wildman–Crippen LogP) is 3.65. The lowest BCUT2D eigenvalue weighted by Gasteiger charge is -2.41. The van der Waals surface area contributed by atoms with E-state index in [9.17, 15) is 0 Å². The number of aromatic nitrogens is 6. The highest BCUT2D eigenvalue weighted by atomic mass is 16.5. The minimum Gasteiger partial charge on any atom is -0.377 e. The van der Waals surface area contributed by atoms with Gasteiger partial charge in [0, 0.05) is 24.2 Å². The van der Waals surface area contributed by atoms with Crippen molar-refractivity contribution >= 4 is 5.95 Å². The number of hydrogen-bond donors (Lipinski definition) is 1. The van der Waals surface area contributed by atoms with Crippen LogP contribution in [-0.2, 0) is 10.2 Å². The third-order valence-electron chi connectivity index (χ3n) is 7.14. The number of anilines is 1. The van der Waals surface area contributed by atoms with Gasteiger partial charge < -0.3 is 15.0 Å². The Kier molecular flexibility index (Phi) is 4.72. The van der Waals surface area contributed by atoms with Crippen molar-refractivity contribution in [3.05, 3.63) is 60.4 Å². The maximum Gasteiger partial charge on any atom is 0.261 e. The number of rotatable bonds is 6. The highest BCUT2D eigenvalue weighted by molar-refractivity contribution is 5.62. The molecule has 1 aliphatic heterocycles. The van der Waals surface area contributed by atoms with Crippen LogP contribution in [0, 0.1) is 5.92 Å². The monoisotopic (exact) mass is 443 g/mol. The lowest BCUT2D eigenvalue weighted by atomic mass is 9.62. The molecule has 2 aliphatic rings. The third kappa shape index (κ3) is 3.39. The van der Waals surface area contributed by atoms with Crippen molar-refractivity contribution < 1.29 is 9.26 Å². The van der Waals surface area contributed by atoms with Gasteiger partial charge in [0.1, 0.15) is 0 Å². The molecule has 2 N–H and O–H groups in total. The molecular formula is C24H25N7O2. The quantitative estimate of drug-likeness (QED) is 0.480. The zero-order chi connectivity index (χ0) is 22.4. The molecule has 9 heteroatoms. The van der Waals surface area contributed by atoms with Gasteiger partial charge in [0.15, 0.2) is 5.82 Å². The number of benzene rings is 1. The van der Waals surface area contributed by atoms with Crippen LogP contribution in [0.15, 0.2) is 53.6 Å². The van der Waals surface area contributed by atoms with Crippen LogP contribution in [0.1, 0.15) is 43.6 Å². The molecule has 1 saturated heterocycles. The lowest BCUT2D eigenvalue weighted by Crippen LogP contribution is -2.38. The molecule has 0 spiro atoms. The average molecular weight is 444 g/mol. The van der Waals surface area contributed by atoms with E-state index in [1.807, 2.05) is 10.9 Å². The van der Waals surface area contributed by atoms with Gasteiger partial charge >= 0.3 is 0 Å². The van der Waals surface area contributed by atoms with Crippen molar-refractivity contribution in [2.75, 3.05) is 18.9 Å². The summed E-state index contributed by atoms with van der Waals surface area (Å²) in [6.07, 6.45) is 10.7. The second-order valence-corrected chi connectivity index (χ2v) is 9.06. The van der Waals surface area contributed by atoms with E-state index in [-0.39, 0.29) is 17.4 Å². The summed E-state index contributed by atoms with van der Waals surface area (Å²) >= 11 is 0. The Bertz CT molecular complexity index is 1260. The highest BCUT2D eigenvalue weighted by Gasteiger charge is 2.44. The first kappa shape index (κ1) is 20.0. The van der Waals surface area contributed by atoms with E-state index in [2.05, 4.69) is 51.4 Å². The van der Waals surface area contributed by atoms with Gasteiger partial charge in [-0.2, -0.15) is 10.1 Å². The molecule has 6 rings (SSSR count). The van der Waals surface area contributed by atoms with E-state index in [1.165, 1.54) is 12.0 Å². The molecule has 1 saturated carbocycles. The largest absolute Gasteiger partial charge is 0.377 e. The summed E-state index contributed by atoms with van der Waals surface area (Å²) < 4.78 is 12.9. The smallest absolute Gasteiger partial charge is 0.261 e. The molecule has 4 heterocycles. The first-order valence-electron chi connectivity index (χ1n) is 11.3. The topological polar surface area (TPSA) is 118 Å². The molecule has 3 aromatic heterocycles. The Labute approximate surface area is 191 Å². The summed E-state index contributed by atoms with van der Waals surface area (Å²) in [6, 6.07) is 8.76. The highest BCUT2D eigenvalue weighted by Crippen LogP contribution is 2.47. The predicted molar refractivity (Wildman–Crippen MR) is 121 cm³/mol. The summed E-state index contributed by atoms with van der Waals surface area (Å²) in [7, 11) is 0. The Morgan fingerprint density at radius 3 is 2.39 bits per heavy atom.